The van der Waals surface area contributed by atoms with Crippen LogP contribution in [0.25, 0.3) is 6.08 Å². The van der Waals surface area contributed by atoms with Crippen LogP contribution < -0.4 is 0 Å². The number of hydrogen-bond donors (Lipinski definition) is 0. The monoisotopic (exact) mass is 364 g/mol. The smallest absolute Gasteiger partial charge is 0.195 e. The van der Waals surface area contributed by atoms with E-state index in [1.807, 2.05) is 12.1 Å². The van der Waals surface area contributed by atoms with Gasteiger partial charge in [0, 0.05) is 6.07 Å². The van der Waals surface area contributed by atoms with E-state index in [9.17, 15) is 22.4 Å². The molecule has 0 aromatic heterocycles. The van der Waals surface area contributed by atoms with Crippen molar-refractivity contribution in [1.29, 1.82) is 0 Å². The van der Waals surface area contributed by atoms with Crippen molar-refractivity contribution in [3.8, 4) is 0 Å². The number of carbonyl (C=O) groups is 1. The van der Waals surface area contributed by atoms with Crippen LogP contribution in [0.2, 0.25) is 0 Å². The van der Waals surface area contributed by atoms with Gasteiger partial charge in [0.2, 0.25) is 0 Å². The zero-order valence-corrected chi connectivity index (χ0v) is 14.5. The van der Waals surface area contributed by atoms with Crippen LogP contribution in [0, 0.1) is 23.3 Å². The van der Waals surface area contributed by atoms with Gasteiger partial charge >= 0.3 is 0 Å². The molecule has 138 valence electrons. The predicted octanol–water partition coefficient (Wildman–Crippen LogP) is 6.26. The van der Waals surface area contributed by atoms with Gasteiger partial charge in [0.15, 0.2) is 23.2 Å². The Morgan fingerprint density at radius 1 is 0.923 bits per heavy atom. The molecule has 0 fully saturated rings. The number of carbonyl (C=O) groups excluding carboxylic acids is 1. The maximum atomic E-state index is 13.6. The second-order valence-corrected chi connectivity index (χ2v) is 6.09. The highest BCUT2D eigenvalue weighted by Gasteiger charge is 2.22. The standard InChI is InChI=1S/C21H20F4O/c1-2-3-4-5-6-14-7-9-15(10-8-14)11-12-18(26)19-16(22)13-17(23)20(24)21(19)25/h7-13H,2-6H2,1H3. The van der Waals surface area contributed by atoms with E-state index in [1.54, 1.807) is 12.1 Å². The van der Waals surface area contributed by atoms with Crippen LogP contribution in [0.4, 0.5) is 17.6 Å². The molecule has 2 aromatic carbocycles. The number of unbranched alkanes of at least 4 members (excludes halogenated alkanes) is 3. The molecular formula is C21H20F4O. The Kier molecular flexibility index (Phi) is 7.13. The first kappa shape index (κ1) is 19.9. The minimum atomic E-state index is -1.87. The Balaban J connectivity index is 2.06. The second-order valence-electron chi connectivity index (χ2n) is 6.09. The molecule has 2 aromatic rings. The summed E-state index contributed by atoms with van der Waals surface area (Å²) < 4.78 is 53.3. The zero-order valence-electron chi connectivity index (χ0n) is 14.5. The van der Waals surface area contributed by atoms with E-state index in [2.05, 4.69) is 6.92 Å². The number of ketones is 1. The molecule has 0 heterocycles. The average molecular weight is 364 g/mol. The summed E-state index contributed by atoms with van der Waals surface area (Å²) in [6.45, 7) is 2.15. The van der Waals surface area contributed by atoms with Gasteiger partial charge in [-0.25, -0.2) is 17.6 Å². The van der Waals surface area contributed by atoms with Crippen molar-refractivity contribution in [3.05, 3.63) is 76.4 Å². The summed E-state index contributed by atoms with van der Waals surface area (Å²) >= 11 is 0. The van der Waals surface area contributed by atoms with Crippen molar-refractivity contribution >= 4 is 11.9 Å². The number of rotatable bonds is 8. The molecule has 2 rings (SSSR count). The Morgan fingerprint density at radius 3 is 2.27 bits per heavy atom. The van der Waals surface area contributed by atoms with E-state index in [1.165, 1.54) is 30.9 Å². The molecule has 0 unspecified atom stereocenters. The van der Waals surface area contributed by atoms with Gasteiger partial charge in [0.25, 0.3) is 0 Å². The molecule has 0 saturated carbocycles. The molecule has 0 N–H and O–H groups in total. The lowest BCUT2D eigenvalue weighted by molar-refractivity contribution is 0.103. The van der Waals surface area contributed by atoms with Crippen molar-refractivity contribution in [3.63, 3.8) is 0 Å². The highest BCUT2D eigenvalue weighted by Crippen LogP contribution is 2.20. The van der Waals surface area contributed by atoms with E-state index in [0.717, 1.165) is 18.9 Å². The lowest BCUT2D eigenvalue weighted by atomic mass is 10.0. The van der Waals surface area contributed by atoms with Crippen LogP contribution in [0.1, 0.15) is 54.1 Å². The van der Waals surface area contributed by atoms with Crippen LogP contribution in [0.3, 0.4) is 0 Å². The highest BCUT2D eigenvalue weighted by molar-refractivity contribution is 6.07. The van der Waals surface area contributed by atoms with E-state index < -0.39 is 34.6 Å². The van der Waals surface area contributed by atoms with Crippen LogP contribution in [-0.2, 0) is 6.42 Å². The van der Waals surface area contributed by atoms with Crippen LogP contribution >= 0.6 is 0 Å². The first-order chi connectivity index (χ1) is 12.4. The Morgan fingerprint density at radius 2 is 1.62 bits per heavy atom. The van der Waals surface area contributed by atoms with Crippen molar-refractivity contribution in [2.24, 2.45) is 0 Å². The minimum Gasteiger partial charge on any atom is -0.289 e. The molecule has 0 saturated heterocycles. The quantitative estimate of drug-likeness (QED) is 0.135. The summed E-state index contributed by atoms with van der Waals surface area (Å²) in [5.41, 5.74) is 0.731. The van der Waals surface area contributed by atoms with Crippen LogP contribution in [0.5, 0.6) is 0 Å². The fourth-order valence-corrected chi connectivity index (χ4v) is 2.60. The first-order valence-electron chi connectivity index (χ1n) is 8.58. The largest absolute Gasteiger partial charge is 0.289 e. The zero-order chi connectivity index (χ0) is 19.1. The number of allylic oxidation sites excluding steroid dienone is 1. The molecule has 0 radical (unpaired) electrons. The summed E-state index contributed by atoms with van der Waals surface area (Å²) in [5.74, 6) is -7.86. The molecule has 0 bridgehead atoms. The molecular weight excluding hydrogens is 344 g/mol. The van der Waals surface area contributed by atoms with Gasteiger partial charge in [-0.05, 0) is 30.0 Å². The third-order valence-electron chi connectivity index (χ3n) is 4.09. The van der Waals surface area contributed by atoms with Gasteiger partial charge in [-0.1, -0.05) is 56.5 Å². The Hall–Kier alpha value is -2.43. The summed E-state index contributed by atoms with van der Waals surface area (Å²) in [7, 11) is 0. The molecule has 0 atom stereocenters. The molecule has 0 spiro atoms. The van der Waals surface area contributed by atoms with Crippen molar-refractivity contribution in [2.45, 2.75) is 39.0 Å². The van der Waals surface area contributed by atoms with Gasteiger partial charge in [-0.15, -0.1) is 0 Å². The van der Waals surface area contributed by atoms with Gasteiger partial charge in [-0.2, -0.15) is 0 Å². The average Bonchev–Trinajstić information content (AvgIpc) is 2.62. The Bertz CT molecular complexity index is 795. The summed E-state index contributed by atoms with van der Waals surface area (Å²) in [6, 6.07) is 7.59. The van der Waals surface area contributed by atoms with E-state index >= 15 is 0 Å². The van der Waals surface area contributed by atoms with E-state index in [-0.39, 0.29) is 6.07 Å². The van der Waals surface area contributed by atoms with E-state index in [0.29, 0.717) is 5.56 Å². The third kappa shape index (κ3) is 5.04. The lowest BCUT2D eigenvalue weighted by Gasteiger charge is -2.04. The van der Waals surface area contributed by atoms with Crippen molar-refractivity contribution in [2.75, 3.05) is 0 Å². The molecule has 5 heteroatoms. The molecule has 1 nitrogen and oxygen atoms in total. The van der Waals surface area contributed by atoms with Gasteiger partial charge in [-0.3, -0.25) is 4.79 Å². The molecule has 0 aliphatic rings. The van der Waals surface area contributed by atoms with Crippen LogP contribution in [-0.4, -0.2) is 5.78 Å². The number of aryl methyl sites for hydroxylation is 1. The van der Waals surface area contributed by atoms with Crippen molar-refractivity contribution < 1.29 is 22.4 Å². The second kappa shape index (κ2) is 9.32. The summed E-state index contributed by atoms with van der Waals surface area (Å²) in [5, 5.41) is 0. The van der Waals surface area contributed by atoms with Gasteiger partial charge in [0.05, 0.1) is 5.56 Å². The third-order valence-corrected chi connectivity index (χ3v) is 4.09. The van der Waals surface area contributed by atoms with Gasteiger partial charge < -0.3 is 0 Å². The highest BCUT2D eigenvalue weighted by atomic mass is 19.2. The molecule has 0 aliphatic carbocycles. The number of hydrogen-bond acceptors (Lipinski definition) is 1. The number of halogens is 4. The van der Waals surface area contributed by atoms with Crippen LogP contribution in [0.15, 0.2) is 36.4 Å². The maximum absolute atomic E-state index is 13.6. The first-order valence-corrected chi connectivity index (χ1v) is 8.58. The van der Waals surface area contributed by atoms with Gasteiger partial charge in [0.1, 0.15) is 5.82 Å². The maximum Gasteiger partial charge on any atom is 0.195 e. The molecule has 0 aliphatic heterocycles. The lowest BCUT2D eigenvalue weighted by Crippen LogP contribution is -2.07. The predicted molar refractivity (Wildman–Crippen MR) is 93.9 cm³/mol. The SMILES string of the molecule is CCCCCCc1ccc(C=CC(=O)c2c(F)cc(F)c(F)c2F)cc1. The molecule has 26 heavy (non-hydrogen) atoms. The minimum absolute atomic E-state index is 0.160. The topological polar surface area (TPSA) is 17.1 Å². The summed E-state index contributed by atoms with van der Waals surface area (Å²) in [4.78, 5) is 11.9. The fourth-order valence-electron chi connectivity index (χ4n) is 2.60. The molecule has 0 amide bonds. The fraction of sp³-hybridized carbons (Fsp3) is 0.286. The summed E-state index contributed by atoms with van der Waals surface area (Å²) in [6.07, 6.45) is 7.96. The number of benzene rings is 2. The Labute approximate surface area is 150 Å². The van der Waals surface area contributed by atoms with Crippen molar-refractivity contribution in [1.82, 2.24) is 0 Å². The normalized spacial score (nSPS) is 11.3. The van der Waals surface area contributed by atoms with E-state index in [4.69, 9.17) is 0 Å².